The van der Waals surface area contributed by atoms with Gasteiger partial charge in [-0.05, 0) is 43.5 Å². The lowest BCUT2D eigenvalue weighted by Crippen LogP contribution is -2.25. The Labute approximate surface area is 182 Å². The lowest BCUT2D eigenvalue weighted by molar-refractivity contribution is -0.120. The molecule has 0 bridgehead atoms. The van der Waals surface area contributed by atoms with Gasteiger partial charge in [-0.15, -0.1) is 0 Å². The van der Waals surface area contributed by atoms with Crippen molar-refractivity contribution >= 4 is 23.3 Å². The van der Waals surface area contributed by atoms with Crippen molar-refractivity contribution in [2.75, 3.05) is 10.6 Å². The van der Waals surface area contributed by atoms with Gasteiger partial charge in [0.05, 0.1) is 12.7 Å². The van der Waals surface area contributed by atoms with E-state index in [2.05, 4.69) is 34.8 Å². The molecule has 4 rings (SSSR count). The highest BCUT2D eigenvalue weighted by atomic mass is 16.2. The molecule has 2 amide bonds. The number of carbonyl (C=O) groups is 2. The largest absolute Gasteiger partial charge is 0.326 e. The first-order chi connectivity index (χ1) is 15.1. The van der Waals surface area contributed by atoms with Crippen LogP contribution in [0, 0.1) is 12.8 Å². The molecule has 0 atom stereocenters. The zero-order chi connectivity index (χ0) is 21.6. The summed E-state index contributed by atoms with van der Waals surface area (Å²) in [6.07, 6.45) is 6.98. The van der Waals surface area contributed by atoms with Crippen LogP contribution in [0.3, 0.4) is 0 Å². The first-order valence-electron chi connectivity index (χ1n) is 10.9. The van der Waals surface area contributed by atoms with Crippen molar-refractivity contribution in [3.8, 4) is 0 Å². The number of hydrogen-bond donors (Lipinski definition) is 2. The van der Waals surface area contributed by atoms with Crippen LogP contribution in [0.4, 0.5) is 11.5 Å². The third-order valence-corrected chi connectivity index (χ3v) is 5.74. The van der Waals surface area contributed by atoms with E-state index in [-0.39, 0.29) is 17.7 Å². The fourth-order valence-electron chi connectivity index (χ4n) is 4.08. The SMILES string of the molecule is Cc1cccc(Cn2nccc2NC(=O)c2cccc(NC(=O)C3CCCCC3)c2)c1. The van der Waals surface area contributed by atoms with Gasteiger partial charge in [-0.3, -0.25) is 9.59 Å². The molecule has 2 aromatic carbocycles. The minimum Gasteiger partial charge on any atom is -0.326 e. The fourth-order valence-corrected chi connectivity index (χ4v) is 4.08. The average Bonchev–Trinajstić information content (AvgIpc) is 3.21. The van der Waals surface area contributed by atoms with Gasteiger partial charge in [-0.1, -0.05) is 55.2 Å². The number of aryl methyl sites for hydroxylation is 1. The Balaban J connectivity index is 1.42. The zero-order valence-electron chi connectivity index (χ0n) is 17.8. The Bertz CT molecular complexity index is 1070. The maximum atomic E-state index is 12.8. The summed E-state index contributed by atoms with van der Waals surface area (Å²) in [4.78, 5) is 25.4. The summed E-state index contributed by atoms with van der Waals surface area (Å²) in [6.45, 7) is 2.62. The number of carbonyl (C=O) groups excluding carboxylic acids is 2. The topological polar surface area (TPSA) is 76.0 Å². The van der Waals surface area contributed by atoms with Gasteiger partial charge in [-0.2, -0.15) is 5.10 Å². The van der Waals surface area contributed by atoms with Gasteiger partial charge in [0.25, 0.3) is 5.91 Å². The second kappa shape index (κ2) is 9.60. The van der Waals surface area contributed by atoms with Gasteiger partial charge in [-0.25, -0.2) is 4.68 Å². The zero-order valence-corrected chi connectivity index (χ0v) is 17.8. The molecule has 1 fully saturated rings. The van der Waals surface area contributed by atoms with Crippen LogP contribution in [0.25, 0.3) is 0 Å². The van der Waals surface area contributed by atoms with Crippen LogP contribution in [0.5, 0.6) is 0 Å². The lowest BCUT2D eigenvalue weighted by atomic mass is 9.88. The molecule has 0 saturated heterocycles. The molecular formula is C25H28N4O2. The Morgan fingerprint density at radius 3 is 2.61 bits per heavy atom. The van der Waals surface area contributed by atoms with E-state index in [1.54, 1.807) is 35.1 Å². The predicted molar refractivity (Wildman–Crippen MR) is 122 cm³/mol. The van der Waals surface area contributed by atoms with Crippen molar-refractivity contribution in [1.29, 1.82) is 0 Å². The molecule has 1 aliphatic rings. The number of anilines is 2. The van der Waals surface area contributed by atoms with Gasteiger partial charge in [0, 0.05) is 23.2 Å². The summed E-state index contributed by atoms with van der Waals surface area (Å²) >= 11 is 0. The van der Waals surface area contributed by atoms with Crippen LogP contribution in [0.1, 0.15) is 53.6 Å². The van der Waals surface area contributed by atoms with Crippen LogP contribution in [-0.2, 0) is 11.3 Å². The first kappa shape index (κ1) is 20.8. The van der Waals surface area contributed by atoms with Crippen molar-refractivity contribution in [1.82, 2.24) is 9.78 Å². The number of rotatable bonds is 6. The van der Waals surface area contributed by atoms with E-state index >= 15 is 0 Å². The van der Waals surface area contributed by atoms with E-state index in [0.29, 0.717) is 23.6 Å². The molecule has 6 heteroatoms. The molecule has 1 aliphatic carbocycles. The summed E-state index contributed by atoms with van der Waals surface area (Å²) in [5.41, 5.74) is 3.44. The third-order valence-electron chi connectivity index (χ3n) is 5.74. The Morgan fingerprint density at radius 2 is 1.81 bits per heavy atom. The van der Waals surface area contributed by atoms with Gasteiger partial charge in [0.15, 0.2) is 0 Å². The number of nitrogens with one attached hydrogen (secondary N) is 2. The summed E-state index contributed by atoms with van der Waals surface area (Å²) in [7, 11) is 0. The highest BCUT2D eigenvalue weighted by Gasteiger charge is 2.21. The van der Waals surface area contributed by atoms with Crippen LogP contribution >= 0.6 is 0 Å². The average molecular weight is 417 g/mol. The van der Waals surface area contributed by atoms with Crippen LogP contribution < -0.4 is 10.6 Å². The maximum Gasteiger partial charge on any atom is 0.256 e. The van der Waals surface area contributed by atoms with Crippen molar-refractivity contribution < 1.29 is 9.59 Å². The van der Waals surface area contributed by atoms with Crippen LogP contribution in [-0.4, -0.2) is 21.6 Å². The summed E-state index contributed by atoms with van der Waals surface area (Å²) in [5, 5.41) is 10.3. The number of amides is 2. The number of benzene rings is 2. The Hall–Kier alpha value is -3.41. The molecule has 0 spiro atoms. The fraction of sp³-hybridized carbons (Fsp3) is 0.320. The van der Waals surface area contributed by atoms with E-state index in [1.165, 1.54) is 12.0 Å². The lowest BCUT2D eigenvalue weighted by Gasteiger charge is -2.20. The van der Waals surface area contributed by atoms with Crippen molar-refractivity contribution in [3.63, 3.8) is 0 Å². The van der Waals surface area contributed by atoms with E-state index < -0.39 is 0 Å². The van der Waals surface area contributed by atoms with Crippen molar-refractivity contribution in [2.45, 2.75) is 45.6 Å². The molecule has 1 saturated carbocycles. The molecule has 3 aromatic rings. The molecule has 1 aromatic heterocycles. The monoisotopic (exact) mass is 416 g/mol. The molecule has 2 N–H and O–H groups in total. The second-order valence-electron chi connectivity index (χ2n) is 8.22. The Morgan fingerprint density at radius 1 is 1.00 bits per heavy atom. The minimum atomic E-state index is -0.236. The second-order valence-corrected chi connectivity index (χ2v) is 8.22. The molecular weight excluding hydrogens is 388 g/mol. The quantitative estimate of drug-likeness (QED) is 0.593. The van der Waals surface area contributed by atoms with E-state index in [4.69, 9.17) is 0 Å². The molecule has 31 heavy (non-hydrogen) atoms. The third kappa shape index (κ3) is 5.40. The van der Waals surface area contributed by atoms with Gasteiger partial charge < -0.3 is 10.6 Å². The van der Waals surface area contributed by atoms with Crippen LogP contribution in [0.15, 0.2) is 60.8 Å². The molecule has 0 aliphatic heterocycles. The number of hydrogen-bond acceptors (Lipinski definition) is 3. The summed E-state index contributed by atoms with van der Waals surface area (Å²) < 4.78 is 1.77. The van der Waals surface area contributed by atoms with Crippen LogP contribution in [0.2, 0.25) is 0 Å². The van der Waals surface area contributed by atoms with E-state index in [9.17, 15) is 9.59 Å². The normalized spacial score (nSPS) is 14.2. The summed E-state index contributed by atoms with van der Waals surface area (Å²) in [5.74, 6) is 0.513. The first-order valence-corrected chi connectivity index (χ1v) is 10.9. The van der Waals surface area contributed by atoms with Gasteiger partial charge >= 0.3 is 0 Å². The standard InChI is InChI=1S/C25H28N4O2/c1-18-7-5-8-19(15-18)17-29-23(13-14-26-29)28-25(31)21-11-6-12-22(16-21)27-24(30)20-9-3-2-4-10-20/h5-8,11-16,20H,2-4,9-10,17H2,1H3,(H,27,30)(H,28,31). The number of aromatic nitrogens is 2. The predicted octanol–water partition coefficient (Wildman–Crippen LogP) is 5.01. The molecule has 0 radical (unpaired) electrons. The number of nitrogens with zero attached hydrogens (tertiary/aromatic N) is 2. The van der Waals surface area contributed by atoms with E-state index in [1.807, 2.05) is 18.2 Å². The van der Waals surface area contributed by atoms with Crippen molar-refractivity contribution in [3.05, 3.63) is 77.5 Å². The summed E-state index contributed by atoms with van der Waals surface area (Å²) in [6, 6.07) is 17.1. The highest BCUT2D eigenvalue weighted by Crippen LogP contribution is 2.25. The molecule has 6 nitrogen and oxygen atoms in total. The molecule has 160 valence electrons. The van der Waals surface area contributed by atoms with E-state index in [0.717, 1.165) is 31.2 Å². The van der Waals surface area contributed by atoms with Crippen molar-refractivity contribution in [2.24, 2.45) is 5.92 Å². The van der Waals surface area contributed by atoms with Gasteiger partial charge in [0.1, 0.15) is 5.82 Å². The van der Waals surface area contributed by atoms with Gasteiger partial charge in [0.2, 0.25) is 5.91 Å². The molecule has 1 heterocycles. The maximum absolute atomic E-state index is 12.8. The minimum absolute atomic E-state index is 0.0495. The smallest absolute Gasteiger partial charge is 0.256 e. The Kier molecular flexibility index (Phi) is 6.46. The molecule has 0 unspecified atom stereocenters. The highest BCUT2D eigenvalue weighted by molar-refractivity contribution is 6.05.